The molecule has 2 heterocycles. The van der Waals surface area contributed by atoms with E-state index in [0.717, 1.165) is 12.5 Å². The fraction of sp³-hybridized carbons (Fsp3) is 0. The van der Waals surface area contributed by atoms with Gasteiger partial charge in [0.1, 0.15) is 5.56 Å². The first-order valence-electron chi connectivity index (χ1n) is 3.75. The maximum absolute atomic E-state index is 11.2. The molecule has 2 rings (SSSR count). The summed E-state index contributed by atoms with van der Waals surface area (Å²) in [5.41, 5.74) is -0.324. The molecule has 2 aromatic heterocycles. The Morgan fingerprint density at radius 1 is 1.43 bits per heavy atom. The number of carboxylic acid groups (broad SMARTS) is 1. The third-order valence-corrected chi connectivity index (χ3v) is 1.78. The highest BCUT2D eigenvalue weighted by molar-refractivity contribution is 6.00. The second-order valence-corrected chi connectivity index (χ2v) is 2.62. The van der Waals surface area contributed by atoms with E-state index in [1.807, 2.05) is 0 Å². The Kier molecular flexibility index (Phi) is 1.74. The van der Waals surface area contributed by atoms with Gasteiger partial charge in [-0.25, -0.2) is 9.78 Å². The number of pyridine rings is 1. The minimum atomic E-state index is -1.15. The SMILES string of the molecule is O=C(O)c1cncc2c(=O)[nH]cnc12. The maximum atomic E-state index is 11.2. The number of rotatable bonds is 1. The summed E-state index contributed by atoms with van der Waals surface area (Å²) >= 11 is 0. The molecule has 2 N–H and O–H groups in total. The van der Waals surface area contributed by atoms with Gasteiger partial charge in [-0.2, -0.15) is 0 Å². The summed E-state index contributed by atoms with van der Waals surface area (Å²) < 4.78 is 0. The summed E-state index contributed by atoms with van der Waals surface area (Å²) in [6.07, 6.45) is 3.61. The van der Waals surface area contributed by atoms with Crippen LogP contribution in [-0.4, -0.2) is 26.0 Å². The number of hydrogen-bond donors (Lipinski definition) is 2. The van der Waals surface area contributed by atoms with E-state index in [9.17, 15) is 9.59 Å². The largest absolute Gasteiger partial charge is 0.478 e. The van der Waals surface area contributed by atoms with Crippen LogP contribution in [-0.2, 0) is 0 Å². The summed E-state index contributed by atoms with van der Waals surface area (Å²) in [4.78, 5) is 31.7. The zero-order valence-electron chi connectivity index (χ0n) is 6.89. The standard InChI is InChI=1S/C8H5N3O3/c12-7-4-1-9-2-5(8(13)14)6(4)10-3-11-7/h1-3H,(H,13,14)(H,10,11,12). The van der Waals surface area contributed by atoms with Crippen LogP contribution in [0.1, 0.15) is 10.4 Å². The van der Waals surface area contributed by atoms with Crippen LogP contribution in [0.3, 0.4) is 0 Å². The van der Waals surface area contributed by atoms with Gasteiger partial charge in [-0.1, -0.05) is 0 Å². The van der Waals surface area contributed by atoms with Crippen LogP contribution in [0.4, 0.5) is 0 Å². The average molecular weight is 191 g/mol. The highest BCUT2D eigenvalue weighted by Gasteiger charge is 2.11. The van der Waals surface area contributed by atoms with Crippen molar-refractivity contribution in [2.45, 2.75) is 0 Å². The third-order valence-electron chi connectivity index (χ3n) is 1.78. The van der Waals surface area contributed by atoms with Crippen molar-refractivity contribution >= 4 is 16.9 Å². The molecular formula is C8H5N3O3. The lowest BCUT2D eigenvalue weighted by molar-refractivity contribution is 0.0698. The monoisotopic (exact) mass is 191 g/mol. The molecule has 70 valence electrons. The van der Waals surface area contributed by atoms with Crippen molar-refractivity contribution in [3.8, 4) is 0 Å². The number of aromatic amines is 1. The maximum Gasteiger partial charge on any atom is 0.339 e. The smallest absolute Gasteiger partial charge is 0.339 e. The van der Waals surface area contributed by atoms with Crippen LogP contribution in [0.2, 0.25) is 0 Å². The molecule has 0 aromatic carbocycles. The van der Waals surface area contributed by atoms with Gasteiger partial charge in [-0.05, 0) is 0 Å². The number of carboxylic acids is 1. The highest BCUT2D eigenvalue weighted by Crippen LogP contribution is 2.09. The lowest BCUT2D eigenvalue weighted by Crippen LogP contribution is -2.10. The Labute approximate surface area is 77.3 Å². The van der Waals surface area contributed by atoms with E-state index in [2.05, 4.69) is 15.0 Å². The van der Waals surface area contributed by atoms with Gasteiger partial charge in [0.25, 0.3) is 5.56 Å². The van der Waals surface area contributed by atoms with E-state index in [4.69, 9.17) is 5.11 Å². The van der Waals surface area contributed by atoms with Crippen LogP contribution < -0.4 is 5.56 Å². The van der Waals surface area contributed by atoms with Gasteiger partial charge >= 0.3 is 5.97 Å². The van der Waals surface area contributed by atoms with Crippen molar-refractivity contribution in [1.82, 2.24) is 15.0 Å². The molecule has 6 nitrogen and oxygen atoms in total. The first-order valence-corrected chi connectivity index (χ1v) is 3.75. The van der Waals surface area contributed by atoms with Crippen LogP contribution in [0, 0.1) is 0 Å². The van der Waals surface area contributed by atoms with Crippen molar-refractivity contribution < 1.29 is 9.90 Å². The summed E-state index contributed by atoms with van der Waals surface area (Å²) in [7, 11) is 0. The molecule has 0 aliphatic rings. The third kappa shape index (κ3) is 1.13. The fourth-order valence-corrected chi connectivity index (χ4v) is 1.15. The van der Waals surface area contributed by atoms with Gasteiger partial charge in [0.05, 0.1) is 17.2 Å². The van der Waals surface area contributed by atoms with Gasteiger partial charge in [-0.3, -0.25) is 9.78 Å². The Balaban J connectivity index is 2.95. The van der Waals surface area contributed by atoms with Crippen LogP contribution in [0.15, 0.2) is 23.5 Å². The van der Waals surface area contributed by atoms with Gasteiger partial charge in [-0.15, -0.1) is 0 Å². The second kappa shape index (κ2) is 2.91. The molecular weight excluding hydrogens is 186 g/mol. The number of H-pyrrole nitrogens is 1. The number of hydrogen-bond acceptors (Lipinski definition) is 4. The molecule has 0 saturated carbocycles. The Morgan fingerprint density at radius 2 is 2.21 bits per heavy atom. The van der Waals surface area contributed by atoms with Crippen molar-refractivity contribution in [2.75, 3.05) is 0 Å². The Hall–Kier alpha value is -2.24. The number of carbonyl (C=O) groups is 1. The molecule has 0 radical (unpaired) electrons. The zero-order valence-corrected chi connectivity index (χ0v) is 6.89. The van der Waals surface area contributed by atoms with Gasteiger partial charge in [0.15, 0.2) is 0 Å². The van der Waals surface area contributed by atoms with Crippen LogP contribution in [0.25, 0.3) is 10.9 Å². The highest BCUT2D eigenvalue weighted by atomic mass is 16.4. The molecule has 2 aromatic rings. The normalized spacial score (nSPS) is 10.3. The Morgan fingerprint density at radius 3 is 2.93 bits per heavy atom. The van der Waals surface area contributed by atoms with E-state index in [-0.39, 0.29) is 16.5 Å². The quantitative estimate of drug-likeness (QED) is 0.662. The van der Waals surface area contributed by atoms with E-state index < -0.39 is 11.5 Å². The van der Waals surface area contributed by atoms with Crippen molar-refractivity contribution in [3.63, 3.8) is 0 Å². The summed E-state index contributed by atoms with van der Waals surface area (Å²) in [5, 5.41) is 8.96. The lowest BCUT2D eigenvalue weighted by atomic mass is 10.2. The summed E-state index contributed by atoms with van der Waals surface area (Å²) in [6.45, 7) is 0. The van der Waals surface area contributed by atoms with Crippen LogP contribution in [0.5, 0.6) is 0 Å². The summed E-state index contributed by atoms with van der Waals surface area (Å²) in [6, 6.07) is 0. The van der Waals surface area contributed by atoms with Crippen LogP contribution >= 0.6 is 0 Å². The number of nitrogens with zero attached hydrogens (tertiary/aromatic N) is 2. The predicted molar refractivity (Wildman–Crippen MR) is 47.1 cm³/mol. The number of fused-ring (bicyclic) bond motifs is 1. The molecule has 14 heavy (non-hydrogen) atoms. The van der Waals surface area contributed by atoms with E-state index >= 15 is 0 Å². The summed E-state index contributed by atoms with van der Waals surface area (Å²) in [5.74, 6) is -1.15. The first kappa shape index (κ1) is 8.36. The van der Waals surface area contributed by atoms with Gasteiger partial charge < -0.3 is 10.1 Å². The minimum absolute atomic E-state index is 0.0754. The first-order chi connectivity index (χ1) is 6.70. The molecule has 0 fully saturated rings. The molecule has 0 amide bonds. The molecule has 0 saturated heterocycles. The van der Waals surface area contributed by atoms with E-state index in [1.54, 1.807) is 0 Å². The molecule has 6 heteroatoms. The topological polar surface area (TPSA) is 95.9 Å². The lowest BCUT2D eigenvalue weighted by Gasteiger charge is -1.98. The molecule has 0 bridgehead atoms. The fourth-order valence-electron chi connectivity index (χ4n) is 1.15. The molecule has 0 unspecified atom stereocenters. The van der Waals surface area contributed by atoms with E-state index in [0.29, 0.717) is 0 Å². The van der Waals surface area contributed by atoms with Crippen molar-refractivity contribution in [1.29, 1.82) is 0 Å². The minimum Gasteiger partial charge on any atom is -0.478 e. The average Bonchev–Trinajstić information content (AvgIpc) is 2.17. The number of nitrogens with one attached hydrogen (secondary N) is 1. The Bertz CT molecular complexity index is 561. The molecule has 0 aliphatic carbocycles. The second-order valence-electron chi connectivity index (χ2n) is 2.62. The molecule has 0 aliphatic heterocycles. The zero-order chi connectivity index (χ0) is 10.1. The van der Waals surface area contributed by atoms with Gasteiger partial charge in [0, 0.05) is 12.4 Å². The molecule has 0 atom stereocenters. The molecule has 0 spiro atoms. The van der Waals surface area contributed by atoms with Crippen molar-refractivity contribution in [3.05, 3.63) is 34.6 Å². The van der Waals surface area contributed by atoms with E-state index in [1.165, 1.54) is 6.20 Å². The number of aromatic carboxylic acids is 1. The predicted octanol–water partition coefficient (Wildman–Crippen LogP) is 0.0163. The van der Waals surface area contributed by atoms with Gasteiger partial charge in [0.2, 0.25) is 0 Å². The van der Waals surface area contributed by atoms with Crippen molar-refractivity contribution in [2.24, 2.45) is 0 Å². The number of aromatic nitrogens is 3.